The summed E-state index contributed by atoms with van der Waals surface area (Å²) < 4.78 is 0. The van der Waals surface area contributed by atoms with Gasteiger partial charge in [0.25, 0.3) is 0 Å². The van der Waals surface area contributed by atoms with Crippen LogP contribution in [0.1, 0.15) is 31.4 Å². The Bertz CT molecular complexity index is 633. The highest BCUT2D eigenvalue weighted by Crippen LogP contribution is 2.25. The van der Waals surface area contributed by atoms with E-state index < -0.39 is 0 Å². The van der Waals surface area contributed by atoms with Gasteiger partial charge in [-0.2, -0.15) is 0 Å². The van der Waals surface area contributed by atoms with Gasteiger partial charge in [-0.15, -0.1) is 0 Å². The minimum atomic E-state index is 0.104. The first kappa shape index (κ1) is 15.2. The summed E-state index contributed by atoms with van der Waals surface area (Å²) in [6, 6.07) is 10.5. The molecule has 1 aliphatic rings. The van der Waals surface area contributed by atoms with Crippen LogP contribution in [0, 0.1) is 6.92 Å². The van der Waals surface area contributed by atoms with Gasteiger partial charge in [0, 0.05) is 17.3 Å². The SMILES string of the molecule is Cc1[nH]c(SCC(=O)NC2CCCC2)nc1-c1ccccc1. The summed E-state index contributed by atoms with van der Waals surface area (Å²) >= 11 is 1.46. The third-order valence-corrected chi connectivity index (χ3v) is 4.84. The maximum absolute atomic E-state index is 12.0. The monoisotopic (exact) mass is 315 g/mol. The number of aryl methyl sites for hydroxylation is 1. The molecule has 4 nitrogen and oxygen atoms in total. The van der Waals surface area contributed by atoms with Crippen molar-refractivity contribution in [2.24, 2.45) is 0 Å². The molecule has 0 aliphatic heterocycles. The van der Waals surface area contributed by atoms with Crippen molar-refractivity contribution in [2.75, 3.05) is 5.75 Å². The van der Waals surface area contributed by atoms with Gasteiger partial charge in [-0.1, -0.05) is 54.9 Å². The number of carbonyl (C=O) groups is 1. The molecule has 0 radical (unpaired) electrons. The molecular weight excluding hydrogens is 294 g/mol. The number of imidazole rings is 1. The summed E-state index contributed by atoms with van der Waals surface area (Å²) in [5.74, 6) is 0.518. The fourth-order valence-corrected chi connectivity index (χ4v) is 3.58. The molecule has 1 amide bonds. The molecule has 1 aromatic carbocycles. The number of hydrogen-bond acceptors (Lipinski definition) is 3. The van der Waals surface area contributed by atoms with Crippen molar-refractivity contribution in [1.29, 1.82) is 0 Å². The van der Waals surface area contributed by atoms with E-state index in [-0.39, 0.29) is 5.91 Å². The molecule has 2 aromatic rings. The van der Waals surface area contributed by atoms with E-state index in [1.54, 1.807) is 0 Å². The van der Waals surface area contributed by atoms with Gasteiger partial charge in [-0.3, -0.25) is 4.79 Å². The van der Waals surface area contributed by atoms with Crippen LogP contribution in [0.5, 0.6) is 0 Å². The first-order valence-electron chi connectivity index (χ1n) is 7.76. The average molecular weight is 315 g/mol. The summed E-state index contributed by atoms with van der Waals surface area (Å²) in [5, 5.41) is 3.90. The van der Waals surface area contributed by atoms with E-state index in [1.807, 2.05) is 37.3 Å². The van der Waals surface area contributed by atoms with Crippen molar-refractivity contribution >= 4 is 17.7 Å². The highest BCUT2D eigenvalue weighted by Gasteiger charge is 2.17. The normalized spacial score (nSPS) is 15.1. The average Bonchev–Trinajstić information content (AvgIpc) is 3.16. The predicted octanol–water partition coefficient (Wildman–Crippen LogP) is 3.54. The number of amides is 1. The van der Waals surface area contributed by atoms with Crippen LogP contribution in [0.25, 0.3) is 11.3 Å². The van der Waals surface area contributed by atoms with Crippen molar-refractivity contribution in [3.05, 3.63) is 36.0 Å². The zero-order valence-electron chi connectivity index (χ0n) is 12.8. The van der Waals surface area contributed by atoms with Crippen LogP contribution in [-0.4, -0.2) is 27.7 Å². The van der Waals surface area contributed by atoms with Gasteiger partial charge in [0.2, 0.25) is 5.91 Å². The molecule has 1 aliphatic carbocycles. The third kappa shape index (κ3) is 3.71. The predicted molar refractivity (Wildman–Crippen MR) is 89.9 cm³/mol. The van der Waals surface area contributed by atoms with Crippen molar-refractivity contribution < 1.29 is 4.79 Å². The molecule has 2 N–H and O–H groups in total. The third-order valence-electron chi connectivity index (χ3n) is 3.97. The van der Waals surface area contributed by atoms with Crippen LogP contribution in [0.2, 0.25) is 0 Å². The lowest BCUT2D eigenvalue weighted by Gasteiger charge is -2.10. The first-order chi connectivity index (χ1) is 10.7. The lowest BCUT2D eigenvalue weighted by Crippen LogP contribution is -2.33. The number of carbonyl (C=O) groups excluding carboxylic acids is 1. The number of thioether (sulfide) groups is 1. The number of nitrogens with one attached hydrogen (secondary N) is 2. The van der Waals surface area contributed by atoms with Gasteiger partial charge < -0.3 is 10.3 Å². The van der Waals surface area contributed by atoms with E-state index in [9.17, 15) is 4.79 Å². The Balaban J connectivity index is 1.58. The van der Waals surface area contributed by atoms with Gasteiger partial charge in [0.1, 0.15) is 0 Å². The molecule has 0 atom stereocenters. The summed E-state index contributed by atoms with van der Waals surface area (Å²) in [6.45, 7) is 2.01. The zero-order valence-corrected chi connectivity index (χ0v) is 13.6. The van der Waals surface area contributed by atoms with E-state index in [2.05, 4.69) is 15.3 Å². The Hall–Kier alpha value is -1.75. The molecular formula is C17H21N3OS. The smallest absolute Gasteiger partial charge is 0.230 e. The Labute approximate surface area is 135 Å². The minimum absolute atomic E-state index is 0.104. The molecule has 0 spiro atoms. The fourth-order valence-electron chi connectivity index (χ4n) is 2.85. The van der Waals surface area contributed by atoms with Crippen molar-refractivity contribution in [3.63, 3.8) is 0 Å². The molecule has 116 valence electrons. The number of hydrogen-bond donors (Lipinski definition) is 2. The molecule has 0 bridgehead atoms. The van der Waals surface area contributed by atoms with Gasteiger partial charge in [-0.05, 0) is 19.8 Å². The molecule has 0 saturated heterocycles. The zero-order chi connectivity index (χ0) is 15.4. The second-order valence-electron chi connectivity index (χ2n) is 5.72. The fraction of sp³-hybridized carbons (Fsp3) is 0.412. The topological polar surface area (TPSA) is 57.8 Å². The summed E-state index contributed by atoms with van der Waals surface area (Å²) in [7, 11) is 0. The van der Waals surface area contributed by atoms with Crippen molar-refractivity contribution in [1.82, 2.24) is 15.3 Å². The van der Waals surface area contributed by atoms with Crippen LogP contribution in [0.4, 0.5) is 0 Å². The van der Waals surface area contributed by atoms with Gasteiger partial charge in [0.15, 0.2) is 5.16 Å². The number of aromatic amines is 1. The second kappa shape index (κ2) is 7.01. The summed E-state index contributed by atoms with van der Waals surface area (Å²) in [6.07, 6.45) is 4.70. The Morgan fingerprint density at radius 2 is 2.05 bits per heavy atom. The summed E-state index contributed by atoms with van der Waals surface area (Å²) in [4.78, 5) is 19.8. The van der Waals surface area contributed by atoms with E-state index in [1.165, 1.54) is 24.6 Å². The minimum Gasteiger partial charge on any atom is -0.353 e. The Morgan fingerprint density at radius 3 is 2.77 bits per heavy atom. The van der Waals surface area contributed by atoms with E-state index >= 15 is 0 Å². The molecule has 1 aromatic heterocycles. The maximum atomic E-state index is 12.0. The first-order valence-corrected chi connectivity index (χ1v) is 8.75. The van der Waals surface area contributed by atoms with Gasteiger partial charge in [-0.25, -0.2) is 4.98 Å². The molecule has 22 heavy (non-hydrogen) atoms. The highest BCUT2D eigenvalue weighted by molar-refractivity contribution is 7.99. The van der Waals surface area contributed by atoms with Crippen molar-refractivity contribution in [3.8, 4) is 11.3 Å². The number of nitrogens with zero attached hydrogens (tertiary/aromatic N) is 1. The van der Waals surface area contributed by atoms with Crippen LogP contribution in [0.15, 0.2) is 35.5 Å². The Morgan fingerprint density at radius 1 is 1.32 bits per heavy atom. The van der Waals surface area contributed by atoms with Crippen LogP contribution in [-0.2, 0) is 4.79 Å². The van der Waals surface area contributed by atoms with E-state index in [4.69, 9.17) is 0 Å². The van der Waals surface area contributed by atoms with Crippen LogP contribution >= 0.6 is 11.8 Å². The lowest BCUT2D eigenvalue weighted by molar-refractivity contribution is -0.119. The maximum Gasteiger partial charge on any atom is 0.230 e. The number of rotatable bonds is 5. The molecule has 0 unspecified atom stereocenters. The van der Waals surface area contributed by atoms with Crippen molar-refractivity contribution in [2.45, 2.75) is 43.8 Å². The molecule has 5 heteroatoms. The summed E-state index contributed by atoms with van der Waals surface area (Å²) in [5.41, 5.74) is 3.09. The van der Waals surface area contributed by atoms with Crippen LogP contribution in [0.3, 0.4) is 0 Å². The van der Waals surface area contributed by atoms with E-state index in [0.717, 1.165) is 34.9 Å². The molecule has 3 rings (SSSR count). The Kier molecular flexibility index (Phi) is 4.83. The largest absolute Gasteiger partial charge is 0.353 e. The van der Waals surface area contributed by atoms with E-state index in [0.29, 0.717) is 11.8 Å². The molecule has 1 saturated carbocycles. The van der Waals surface area contributed by atoms with Crippen LogP contribution < -0.4 is 5.32 Å². The number of H-pyrrole nitrogens is 1. The standard InChI is InChI=1S/C17H21N3OS/c1-12-16(13-7-3-2-4-8-13)20-17(18-12)22-11-15(21)19-14-9-5-6-10-14/h2-4,7-8,14H,5-6,9-11H2,1H3,(H,18,20)(H,19,21). The molecule has 1 fully saturated rings. The number of aromatic nitrogens is 2. The van der Waals surface area contributed by atoms with Gasteiger partial charge in [0.05, 0.1) is 11.4 Å². The number of benzene rings is 1. The highest BCUT2D eigenvalue weighted by atomic mass is 32.2. The quantitative estimate of drug-likeness (QED) is 0.830. The lowest BCUT2D eigenvalue weighted by atomic mass is 10.1. The van der Waals surface area contributed by atoms with Gasteiger partial charge >= 0.3 is 0 Å². The second-order valence-corrected chi connectivity index (χ2v) is 6.68. The molecule has 1 heterocycles.